The summed E-state index contributed by atoms with van der Waals surface area (Å²) in [7, 11) is 0. The second kappa shape index (κ2) is 6.56. The highest BCUT2D eigenvalue weighted by atomic mass is 32.1. The van der Waals surface area contributed by atoms with E-state index in [2.05, 4.69) is 31.8 Å². The van der Waals surface area contributed by atoms with E-state index in [0.29, 0.717) is 18.5 Å². The van der Waals surface area contributed by atoms with Gasteiger partial charge in [0.25, 0.3) is 0 Å². The lowest BCUT2D eigenvalue weighted by Gasteiger charge is -2.26. The molecule has 1 spiro atoms. The molecular weight excluding hydrogens is 358 g/mol. The highest BCUT2D eigenvalue weighted by molar-refractivity contribution is 7.13. The topological polar surface area (TPSA) is 72.7 Å². The molecule has 0 saturated heterocycles. The molecule has 0 aliphatic heterocycles. The van der Waals surface area contributed by atoms with E-state index in [4.69, 9.17) is 0 Å². The van der Waals surface area contributed by atoms with Crippen molar-refractivity contribution < 1.29 is 4.79 Å². The number of hydrogen-bond acceptors (Lipinski definition) is 5. The first-order valence-corrected chi connectivity index (χ1v) is 10.3. The van der Waals surface area contributed by atoms with Crippen LogP contribution in [0.4, 0.5) is 0 Å². The Bertz CT molecular complexity index is 946. The van der Waals surface area contributed by atoms with E-state index in [9.17, 15) is 4.79 Å². The molecule has 1 amide bonds. The molecule has 7 heteroatoms. The zero-order valence-electron chi connectivity index (χ0n) is 15.0. The zero-order chi connectivity index (χ0) is 18.3. The molecule has 3 aromatic rings. The Kier molecular flexibility index (Phi) is 4.04. The molecule has 0 radical (unpaired) electrons. The highest BCUT2D eigenvalue weighted by Gasteiger charge is 2.60. The van der Waals surface area contributed by atoms with E-state index >= 15 is 0 Å². The molecule has 0 unspecified atom stereocenters. The maximum absolute atomic E-state index is 12.4. The number of nitrogens with zero attached hydrogens (tertiary/aromatic N) is 4. The first kappa shape index (κ1) is 16.6. The molecule has 3 heterocycles. The van der Waals surface area contributed by atoms with Gasteiger partial charge in [0.05, 0.1) is 35.2 Å². The van der Waals surface area contributed by atoms with Crippen molar-refractivity contribution in [1.82, 2.24) is 25.1 Å². The van der Waals surface area contributed by atoms with Gasteiger partial charge in [-0.25, -0.2) is 0 Å². The Hall–Kier alpha value is -2.54. The number of nitrogens with one attached hydrogen (secondary N) is 1. The van der Waals surface area contributed by atoms with Gasteiger partial charge in [0.15, 0.2) is 0 Å². The molecule has 6 nitrogen and oxygen atoms in total. The molecule has 2 aliphatic rings. The Morgan fingerprint density at radius 1 is 1.33 bits per heavy atom. The molecule has 1 atom stereocenters. The fraction of sp³-hybridized carbons (Fsp3) is 0.400. The molecule has 2 saturated carbocycles. The van der Waals surface area contributed by atoms with Crippen LogP contribution in [0, 0.1) is 11.3 Å². The van der Waals surface area contributed by atoms with Crippen LogP contribution in [0.15, 0.2) is 42.3 Å². The van der Waals surface area contributed by atoms with Crippen LogP contribution in [0.5, 0.6) is 0 Å². The van der Waals surface area contributed by atoms with Crippen LogP contribution in [-0.2, 0) is 11.3 Å². The van der Waals surface area contributed by atoms with E-state index in [0.717, 1.165) is 28.2 Å². The maximum atomic E-state index is 12.4. The summed E-state index contributed by atoms with van der Waals surface area (Å²) in [6.07, 6.45) is 11.8. The van der Waals surface area contributed by atoms with E-state index in [1.54, 1.807) is 29.9 Å². The van der Waals surface area contributed by atoms with Crippen molar-refractivity contribution in [2.24, 2.45) is 11.3 Å². The second-order valence-electron chi connectivity index (χ2n) is 7.46. The van der Waals surface area contributed by atoms with Gasteiger partial charge in [0, 0.05) is 30.4 Å². The lowest BCUT2D eigenvalue weighted by Crippen LogP contribution is -2.32. The third kappa shape index (κ3) is 2.96. The fourth-order valence-corrected chi connectivity index (χ4v) is 4.95. The smallest absolute Gasteiger partial charge is 0.223 e. The van der Waals surface area contributed by atoms with Crippen molar-refractivity contribution in [2.45, 2.75) is 32.2 Å². The number of thiophene rings is 1. The molecule has 2 aliphatic carbocycles. The zero-order valence-corrected chi connectivity index (χ0v) is 15.8. The van der Waals surface area contributed by atoms with Gasteiger partial charge in [-0.15, -0.1) is 11.3 Å². The first-order valence-electron chi connectivity index (χ1n) is 9.41. The quantitative estimate of drug-likeness (QED) is 0.713. The summed E-state index contributed by atoms with van der Waals surface area (Å²) in [5.41, 5.74) is 3.17. The summed E-state index contributed by atoms with van der Waals surface area (Å²) in [6.45, 7) is 1.23. The Labute approximate surface area is 161 Å². The lowest BCUT2D eigenvalue weighted by molar-refractivity contribution is -0.123. The number of carbonyl (C=O) groups is 1. The van der Waals surface area contributed by atoms with Gasteiger partial charge in [-0.05, 0) is 36.1 Å². The number of carbonyl (C=O) groups excluding carboxylic acids is 1. The molecular formula is C20H21N5OS. The average Bonchev–Trinajstić information content (AvgIpc) is 3.00. The SMILES string of the molecule is O=C(NCCn1ncc(-c2cnccn2)c1-c1cccs1)[C@H]1CC12CCC2. The third-order valence-electron chi connectivity index (χ3n) is 5.91. The standard InChI is InChI=1S/C20H21N5OS/c26-19(15-11-20(15)4-2-5-20)23-8-9-25-18(17-3-1-10-27-17)14(12-24-25)16-13-21-6-7-22-16/h1,3,6-7,10,12-13,15H,2,4-5,8-9,11H2,(H,23,26)/t15-/m1/s1. The number of hydrogen-bond donors (Lipinski definition) is 1. The first-order chi connectivity index (χ1) is 13.3. The predicted octanol–water partition coefficient (Wildman–Crippen LogP) is 3.38. The fourth-order valence-electron chi connectivity index (χ4n) is 4.16. The van der Waals surface area contributed by atoms with Gasteiger partial charge in [-0.2, -0.15) is 5.10 Å². The van der Waals surface area contributed by atoms with Gasteiger partial charge in [0.1, 0.15) is 0 Å². The molecule has 5 rings (SSSR count). The van der Waals surface area contributed by atoms with E-state index < -0.39 is 0 Å². The highest BCUT2D eigenvalue weighted by Crippen LogP contribution is 2.65. The van der Waals surface area contributed by atoms with Crippen molar-refractivity contribution in [3.05, 3.63) is 42.3 Å². The third-order valence-corrected chi connectivity index (χ3v) is 6.79. The molecule has 0 aromatic carbocycles. The Morgan fingerprint density at radius 2 is 2.26 bits per heavy atom. The van der Waals surface area contributed by atoms with Crippen LogP contribution in [0.1, 0.15) is 25.7 Å². The van der Waals surface area contributed by atoms with Crippen LogP contribution in [-0.4, -0.2) is 32.2 Å². The summed E-state index contributed by atoms with van der Waals surface area (Å²) in [4.78, 5) is 22.1. The maximum Gasteiger partial charge on any atom is 0.223 e. The molecule has 27 heavy (non-hydrogen) atoms. The van der Waals surface area contributed by atoms with Crippen LogP contribution < -0.4 is 5.32 Å². The summed E-state index contributed by atoms with van der Waals surface area (Å²) in [5.74, 6) is 0.462. The monoisotopic (exact) mass is 379 g/mol. The minimum atomic E-state index is 0.216. The van der Waals surface area contributed by atoms with Gasteiger partial charge in [0.2, 0.25) is 5.91 Å². The van der Waals surface area contributed by atoms with Crippen molar-refractivity contribution in [2.75, 3.05) is 6.54 Å². The van der Waals surface area contributed by atoms with Crippen molar-refractivity contribution in [3.8, 4) is 21.8 Å². The van der Waals surface area contributed by atoms with Crippen molar-refractivity contribution in [3.63, 3.8) is 0 Å². The second-order valence-corrected chi connectivity index (χ2v) is 8.41. The number of aromatic nitrogens is 4. The molecule has 1 N–H and O–H groups in total. The number of amides is 1. The molecule has 0 bridgehead atoms. The van der Waals surface area contributed by atoms with E-state index in [1.165, 1.54) is 19.3 Å². The molecule has 2 fully saturated rings. The Balaban J connectivity index is 1.32. The van der Waals surface area contributed by atoms with E-state index in [-0.39, 0.29) is 11.8 Å². The van der Waals surface area contributed by atoms with Gasteiger partial charge < -0.3 is 5.32 Å². The number of rotatable bonds is 6. The van der Waals surface area contributed by atoms with Crippen LogP contribution in [0.25, 0.3) is 21.8 Å². The summed E-state index contributed by atoms with van der Waals surface area (Å²) in [6, 6.07) is 4.12. The van der Waals surface area contributed by atoms with Crippen LogP contribution in [0.2, 0.25) is 0 Å². The largest absolute Gasteiger partial charge is 0.354 e. The van der Waals surface area contributed by atoms with Crippen LogP contribution >= 0.6 is 11.3 Å². The summed E-state index contributed by atoms with van der Waals surface area (Å²) in [5, 5.41) is 9.74. The average molecular weight is 379 g/mol. The molecule has 3 aromatic heterocycles. The van der Waals surface area contributed by atoms with Gasteiger partial charge >= 0.3 is 0 Å². The summed E-state index contributed by atoms with van der Waals surface area (Å²) < 4.78 is 1.96. The Morgan fingerprint density at radius 3 is 2.93 bits per heavy atom. The lowest BCUT2D eigenvalue weighted by atomic mass is 9.80. The molecule has 138 valence electrons. The van der Waals surface area contributed by atoms with Crippen molar-refractivity contribution >= 4 is 17.2 Å². The van der Waals surface area contributed by atoms with Crippen LogP contribution in [0.3, 0.4) is 0 Å². The van der Waals surface area contributed by atoms with Crippen molar-refractivity contribution in [1.29, 1.82) is 0 Å². The minimum absolute atomic E-state index is 0.216. The summed E-state index contributed by atoms with van der Waals surface area (Å²) >= 11 is 1.67. The minimum Gasteiger partial charge on any atom is -0.354 e. The van der Waals surface area contributed by atoms with Gasteiger partial charge in [-0.3, -0.25) is 19.4 Å². The normalized spacial score (nSPS) is 19.6. The predicted molar refractivity (Wildman–Crippen MR) is 104 cm³/mol. The van der Waals surface area contributed by atoms with Gasteiger partial charge in [-0.1, -0.05) is 12.5 Å². The van der Waals surface area contributed by atoms with E-state index in [1.807, 2.05) is 16.9 Å².